The molecule has 3 nitrogen and oxygen atoms in total. The maximum absolute atomic E-state index is 11.0. The molecule has 1 atom stereocenters. The van der Waals surface area contributed by atoms with Crippen molar-refractivity contribution in [2.75, 3.05) is 12.4 Å². The molecule has 0 spiro atoms. The Kier molecular flexibility index (Phi) is 5.51. The molecule has 0 aromatic heterocycles. The third-order valence-electron chi connectivity index (χ3n) is 2.60. The van der Waals surface area contributed by atoms with E-state index in [4.69, 9.17) is 10.8 Å². The maximum Gasteiger partial charge on any atom is 0.248 e. The van der Waals surface area contributed by atoms with E-state index in [1.807, 2.05) is 26.0 Å². The molecule has 94 valence electrons. The number of aryl methyl sites for hydroxylation is 1. The van der Waals surface area contributed by atoms with Gasteiger partial charge in [0.1, 0.15) is 0 Å². The highest BCUT2D eigenvalue weighted by Gasteiger charge is 2.05. The van der Waals surface area contributed by atoms with E-state index in [-0.39, 0.29) is 12.5 Å². The molecule has 0 fully saturated rings. The SMILES string of the molecule is Cc1cc(C(N)=O)ccc1CSCC(C)CO. The number of amides is 1. The largest absolute Gasteiger partial charge is 0.396 e. The Labute approximate surface area is 106 Å². The normalized spacial score (nSPS) is 12.4. The molecule has 3 N–H and O–H groups in total. The second kappa shape index (κ2) is 6.67. The van der Waals surface area contributed by atoms with E-state index in [9.17, 15) is 4.79 Å². The highest BCUT2D eigenvalue weighted by atomic mass is 32.2. The lowest BCUT2D eigenvalue weighted by Gasteiger charge is -2.09. The summed E-state index contributed by atoms with van der Waals surface area (Å²) in [6, 6.07) is 5.54. The van der Waals surface area contributed by atoms with Crippen LogP contribution in [0.25, 0.3) is 0 Å². The summed E-state index contributed by atoms with van der Waals surface area (Å²) in [6.07, 6.45) is 0. The first-order valence-corrected chi connectivity index (χ1v) is 6.78. The van der Waals surface area contributed by atoms with E-state index >= 15 is 0 Å². The van der Waals surface area contributed by atoms with Gasteiger partial charge in [-0.05, 0) is 41.9 Å². The number of hydrogen-bond donors (Lipinski definition) is 2. The molecule has 0 saturated carbocycles. The predicted octanol–water partition coefficient (Wildman–Crippen LogP) is 1.96. The minimum atomic E-state index is -0.388. The van der Waals surface area contributed by atoms with Crippen molar-refractivity contribution >= 4 is 17.7 Å². The topological polar surface area (TPSA) is 63.3 Å². The van der Waals surface area contributed by atoms with Gasteiger partial charge < -0.3 is 10.8 Å². The van der Waals surface area contributed by atoms with Crippen LogP contribution in [0, 0.1) is 12.8 Å². The highest BCUT2D eigenvalue weighted by molar-refractivity contribution is 7.98. The number of thioether (sulfide) groups is 1. The van der Waals surface area contributed by atoms with Gasteiger partial charge in [0.05, 0.1) is 0 Å². The van der Waals surface area contributed by atoms with E-state index in [0.29, 0.717) is 11.5 Å². The average Bonchev–Trinajstić information content (AvgIpc) is 2.30. The van der Waals surface area contributed by atoms with Crippen molar-refractivity contribution in [2.24, 2.45) is 11.7 Å². The lowest BCUT2D eigenvalue weighted by Crippen LogP contribution is -2.11. The first-order valence-electron chi connectivity index (χ1n) is 5.62. The van der Waals surface area contributed by atoms with Crippen LogP contribution in [-0.4, -0.2) is 23.4 Å². The zero-order valence-corrected chi connectivity index (χ0v) is 11.1. The molecule has 4 heteroatoms. The Morgan fingerprint density at radius 2 is 2.24 bits per heavy atom. The summed E-state index contributed by atoms with van der Waals surface area (Å²) in [5.41, 5.74) is 8.08. The van der Waals surface area contributed by atoms with Gasteiger partial charge in [-0.15, -0.1) is 0 Å². The summed E-state index contributed by atoms with van der Waals surface area (Å²) in [4.78, 5) is 11.0. The van der Waals surface area contributed by atoms with Crippen molar-refractivity contribution in [3.05, 3.63) is 34.9 Å². The minimum absolute atomic E-state index is 0.229. The zero-order chi connectivity index (χ0) is 12.8. The smallest absolute Gasteiger partial charge is 0.248 e. The first-order chi connectivity index (χ1) is 8.04. The second-order valence-corrected chi connectivity index (χ2v) is 5.34. The molecular formula is C13H19NO2S. The van der Waals surface area contributed by atoms with Gasteiger partial charge in [0.25, 0.3) is 0 Å². The summed E-state index contributed by atoms with van der Waals surface area (Å²) >= 11 is 1.79. The first kappa shape index (κ1) is 14.1. The van der Waals surface area contributed by atoms with Crippen LogP contribution >= 0.6 is 11.8 Å². The van der Waals surface area contributed by atoms with Crippen molar-refractivity contribution in [3.63, 3.8) is 0 Å². The Morgan fingerprint density at radius 3 is 2.76 bits per heavy atom. The molecule has 0 saturated heterocycles. The van der Waals surface area contributed by atoms with Crippen LogP contribution in [0.1, 0.15) is 28.4 Å². The quantitative estimate of drug-likeness (QED) is 0.814. The summed E-state index contributed by atoms with van der Waals surface area (Å²) in [5.74, 6) is 1.77. The molecule has 1 aromatic carbocycles. The Morgan fingerprint density at radius 1 is 1.53 bits per heavy atom. The number of rotatable bonds is 6. The van der Waals surface area contributed by atoms with E-state index in [0.717, 1.165) is 17.1 Å². The van der Waals surface area contributed by atoms with Crippen LogP contribution < -0.4 is 5.73 Å². The third kappa shape index (κ3) is 4.40. The van der Waals surface area contributed by atoms with Crippen LogP contribution in [-0.2, 0) is 5.75 Å². The van der Waals surface area contributed by atoms with Crippen LogP contribution in [0.15, 0.2) is 18.2 Å². The van der Waals surface area contributed by atoms with E-state index < -0.39 is 0 Å². The average molecular weight is 253 g/mol. The summed E-state index contributed by atoms with van der Waals surface area (Å²) < 4.78 is 0. The van der Waals surface area contributed by atoms with Gasteiger partial charge in [0.15, 0.2) is 0 Å². The molecule has 1 amide bonds. The minimum Gasteiger partial charge on any atom is -0.396 e. The van der Waals surface area contributed by atoms with Gasteiger partial charge in [0, 0.05) is 17.9 Å². The number of primary amides is 1. The molecule has 0 heterocycles. The van der Waals surface area contributed by atoms with Gasteiger partial charge in [-0.25, -0.2) is 0 Å². The Hall–Kier alpha value is -1.000. The van der Waals surface area contributed by atoms with Gasteiger partial charge in [-0.1, -0.05) is 13.0 Å². The molecule has 0 aliphatic rings. The van der Waals surface area contributed by atoms with Gasteiger partial charge in [-0.2, -0.15) is 11.8 Å². The predicted molar refractivity (Wildman–Crippen MR) is 72.1 cm³/mol. The molecule has 17 heavy (non-hydrogen) atoms. The van der Waals surface area contributed by atoms with Crippen LogP contribution in [0.2, 0.25) is 0 Å². The van der Waals surface area contributed by atoms with Gasteiger partial charge in [0.2, 0.25) is 5.91 Å². The van der Waals surface area contributed by atoms with Crippen LogP contribution in [0.3, 0.4) is 0 Å². The lowest BCUT2D eigenvalue weighted by molar-refractivity contribution is 0.1000. The van der Waals surface area contributed by atoms with Crippen molar-refractivity contribution in [1.29, 1.82) is 0 Å². The van der Waals surface area contributed by atoms with E-state index in [2.05, 4.69) is 0 Å². The molecule has 0 aliphatic carbocycles. The zero-order valence-electron chi connectivity index (χ0n) is 10.3. The Balaban J connectivity index is 2.57. The fourth-order valence-electron chi connectivity index (χ4n) is 1.43. The van der Waals surface area contributed by atoms with Crippen molar-refractivity contribution in [2.45, 2.75) is 19.6 Å². The van der Waals surface area contributed by atoms with Crippen LogP contribution in [0.4, 0.5) is 0 Å². The molecule has 1 unspecified atom stereocenters. The van der Waals surface area contributed by atoms with Crippen molar-refractivity contribution in [3.8, 4) is 0 Å². The third-order valence-corrected chi connectivity index (χ3v) is 3.92. The van der Waals surface area contributed by atoms with Gasteiger partial charge in [-0.3, -0.25) is 4.79 Å². The molecule has 0 bridgehead atoms. The fraction of sp³-hybridized carbons (Fsp3) is 0.462. The highest BCUT2D eigenvalue weighted by Crippen LogP contribution is 2.19. The molecule has 1 rings (SSSR count). The fourth-order valence-corrected chi connectivity index (χ4v) is 2.60. The molecular weight excluding hydrogens is 234 g/mol. The summed E-state index contributed by atoms with van der Waals surface area (Å²) in [7, 11) is 0. The number of carbonyl (C=O) groups is 1. The molecule has 0 aliphatic heterocycles. The standard InChI is InChI=1S/C13H19NO2S/c1-9(6-15)7-17-8-12-4-3-11(13(14)16)5-10(12)2/h3-5,9,15H,6-8H2,1-2H3,(H2,14,16). The van der Waals surface area contributed by atoms with E-state index in [1.54, 1.807) is 17.8 Å². The summed E-state index contributed by atoms with van der Waals surface area (Å²) in [6.45, 7) is 4.24. The number of aliphatic hydroxyl groups is 1. The number of hydrogen-bond acceptors (Lipinski definition) is 3. The monoisotopic (exact) mass is 253 g/mol. The van der Waals surface area contributed by atoms with Crippen molar-refractivity contribution < 1.29 is 9.90 Å². The molecule has 0 radical (unpaired) electrons. The number of nitrogens with two attached hydrogens (primary N) is 1. The molecule has 1 aromatic rings. The maximum atomic E-state index is 11.0. The van der Waals surface area contributed by atoms with E-state index in [1.165, 1.54) is 5.56 Å². The lowest BCUT2D eigenvalue weighted by atomic mass is 10.1. The summed E-state index contributed by atoms with van der Waals surface area (Å²) in [5, 5.41) is 8.92. The number of aliphatic hydroxyl groups excluding tert-OH is 1. The Bertz CT molecular complexity index is 393. The van der Waals surface area contributed by atoms with Gasteiger partial charge >= 0.3 is 0 Å². The van der Waals surface area contributed by atoms with Crippen molar-refractivity contribution in [1.82, 2.24) is 0 Å². The second-order valence-electron chi connectivity index (χ2n) is 4.31. The number of benzene rings is 1. The number of carbonyl (C=O) groups excluding carboxylic acids is 1. The van der Waals surface area contributed by atoms with Crippen LogP contribution in [0.5, 0.6) is 0 Å².